The third kappa shape index (κ3) is 4.50. The predicted molar refractivity (Wildman–Crippen MR) is 101 cm³/mol. The van der Waals surface area contributed by atoms with E-state index in [9.17, 15) is 13.6 Å². The first kappa shape index (κ1) is 18.2. The summed E-state index contributed by atoms with van der Waals surface area (Å²) >= 11 is 0. The molecule has 1 fully saturated rings. The van der Waals surface area contributed by atoms with Crippen molar-refractivity contribution in [3.05, 3.63) is 54.1 Å². The van der Waals surface area contributed by atoms with E-state index in [-0.39, 0.29) is 11.6 Å². The monoisotopic (exact) mass is 359 g/mol. The molecule has 3 rings (SSSR count). The second kappa shape index (κ2) is 8.17. The van der Waals surface area contributed by atoms with E-state index < -0.39 is 17.7 Å². The normalized spacial score (nSPS) is 15.4. The summed E-state index contributed by atoms with van der Waals surface area (Å²) in [6.07, 6.45) is 3.66. The second-order valence-corrected chi connectivity index (χ2v) is 6.58. The van der Waals surface area contributed by atoms with Crippen molar-refractivity contribution in [2.75, 3.05) is 28.6 Å². The van der Waals surface area contributed by atoms with Gasteiger partial charge in [0.25, 0.3) is 0 Å². The molecule has 2 N–H and O–H groups in total. The summed E-state index contributed by atoms with van der Waals surface area (Å²) in [4.78, 5) is 14.6. The molecule has 1 amide bonds. The number of halogens is 2. The Labute approximate surface area is 152 Å². The molecule has 26 heavy (non-hydrogen) atoms. The zero-order chi connectivity index (χ0) is 18.5. The van der Waals surface area contributed by atoms with Gasteiger partial charge in [-0.15, -0.1) is 0 Å². The lowest BCUT2D eigenvalue weighted by Crippen LogP contribution is -2.32. The van der Waals surface area contributed by atoms with E-state index in [1.54, 1.807) is 6.92 Å². The fourth-order valence-corrected chi connectivity index (χ4v) is 3.09. The van der Waals surface area contributed by atoms with Gasteiger partial charge >= 0.3 is 0 Å². The van der Waals surface area contributed by atoms with Gasteiger partial charge in [0.15, 0.2) is 0 Å². The summed E-state index contributed by atoms with van der Waals surface area (Å²) in [5, 5.41) is 5.62. The molecular formula is C20H23F2N3O. The molecule has 0 radical (unpaired) electrons. The Bertz CT molecular complexity index is 775. The minimum atomic E-state index is -0.794. The molecule has 2 aromatic carbocycles. The Morgan fingerprint density at radius 2 is 1.85 bits per heavy atom. The summed E-state index contributed by atoms with van der Waals surface area (Å²) in [6.45, 7) is 3.79. The van der Waals surface area contributed by atoms with Crippen LogP contribution < -0.4 is 15.5 Å². The molecule has 1 unspecified atom stereocenters. The van der Waals surface area contributed by atoms with Gasteiger partial charge in [0, 0.05) is 30.5 Å². The van der Waals surface area contributed by atoms with Gasteiger partial charge in [-0.05, 0) is 56.5 Å². The minimum Gasteiger partial charge on any atom is -0.374 e. The lowest BCUT2D eigenvalue weighted by molar-refractivity contribution is -0.116. The average Bonchev–Trinajstić information content (AvgIpc) is 2.65. The molecule has 1 aliphatic heterocycles. The predicted octanol–water partition coefficient (Wildman–Crippen LogP) is 4.39. The summed E-state index contributed by atoms with van der Waals surface area (Å²) in [6, 6.07) is 10.4. The molecule has 1 saturated heterocycles. The summed E-state index contributed by atoms with van der Waals surface area (Å²) in [7, 11) is 0. The van der Waals surface area contributed by atoms with Crippen molar-refractivity contribution >= 4 is 23.0 Å². The first-order valence-corrected chi connectivity index (χ1v) is 8.90. The Balaban J connectivity index is 1.63. The maximum atomic E-state index is 13.7. The van der Waals surface area contributed by atoms with Crippen molar-refractivity contribution < 1.29 is 13.6 Å². The molecule has 138 valence electrons. The average molecular weight is 359 g/mol. The Morgan fingerprint density at radius 3 is 2.58 bits per heavy atom. The van der Waals surface area contributed by atoms with Crippen molar-refractivity contribution in [2.45, 2.75) is 32.2 Å². The fraction of sp³-hybridized carbons (Fsp3) is 0.350. The standard InChI is InChI=1S/C20H23F2N3O/c1-14(20(26)24-19-9-8-15(21)12-18(19)22)23-16-6-5-7-17(13-16)25-10-3-2-4-11-25/h5-9,12-14,23H,2-4,10-11H2,1H3,(H,24,26). The van der Waals surface area contributed by atoms with Crippen LogP contribution in [0.2, 0.25) is 0 Å². The van der Waals surface area contributed by atoms with E-state index in [1.165, 1.54) is 25.3 Å². The molecule has 0 aromatic heterocycles. The van der Waals surface area contributed by atoms with Crippen LogP contribution >= 0.6 is 0 Å². The van der Waals surface area contributed by atoms with Crippen molar-refractivity contribution in [3.8, 4) is 0 Å². The van der Waals surface area contributed by atoms with Gasteiger partial charge in [0.05, 0.1) is 5.69 Å². The molecular weight excluding hydrogens is 336 g/mol. The van der Waals surface area contributed by atoms with E-state index in [1.807, 2.05) is 18.2 Å². The van der Waals surface area contributed by atoms with E-state index in [2.05, 4.69) is 21.6 Å². The Kier molecular flexibility index (Phi) is 5.71. The van der Waals surface area contributed by atoms with Crippen LogP contribution in [-0.4, -0.2) is 25.0 Å². The smallest absolute Gasteiger partial charge is 0.246 e. The van der Waals surface area contributed by atoms with Crippen molar-refractivity contribution in [3.63, 3.8) is 0 Å². The van der Waals surface area contributed by atoms with Crippen molar-refractivity contribution in [1.82, 2.24) is 0 Å². The van der Waals surface area contributed by atoms with Gasteiger partial charge in [-0.1, -0.05) is 6.07 Å². The summed E-state index contributed by atoms with van der Waals surface area (Å²) < 4.78 is 26.6. The largest absolute Gasteiger partial charge is 0.374 e. The zero-order valence-electron chi connectivity index (χ0n) is 14.8. The molecule has 0 bridgehead atoms. The number of nitrogens with one attached hydrogen (secondary N) is 2. The first-order chi connectivity index (χ1) is 12.5. The highest BCUT2D eigenvalue weighted by Gasteiger charge is 2.16. The maximum absolute atomic E-state index is 13.7. The van der Waals surface area contributed by atoms with Crippen LogP contribution in [0.3, 0.4) is 0 Å². The first-order valence-electron chi connectivity index (χ1n) is 8.90. The third-order valence-corrected chi connectivity index (χ3v) is 4.53. The number of nitrogens with zero attached hydrogens (tertiary/aromatic N) is 1. The highest BCUT2D eigenvalue weighted by atomic mass is 19.1. The van der Waals surface area contributed by atoms with Gasteiger partial charge in [0.2, 0.25) is 5.91 Å². The topological polar surface area (TPSA) is 44.4 Å². The van der Waals surface area contributed by atoms with E-state index in [0.717, 1.165) is 36.6 Å². The highest BCUT2D eigenvalue weighted by Crippen LogP contribution is 2.23. The Hall–Kier alpha value is -2.63. The van der Waals surface area contributed by atoms with Crippen LogP contribution in [0.5, 0.6) is 0 Å². The summed E-state index contributed by atoms with van der Waals surface area (Å²) in [5.41, 5.74) is 1.93. The number of carbonyl (C=O) groups excluding carboxylic acids is 1. The van der Waals surface area contributed by atoms with Crippen LogP contribution in [-0.2, 0) is 4.79 Å². The highest BCUT2D eigenvalue weighted by molar-refractivity contribution is 5.96. The Morgan fingerprint density at radius 1 is 1.08 bits per heavy atom. The number of carbonyl (C=O) groups is 1. The molecule has 2 aromatic rings. The molecule has 1 atom stereocenters. The van der Waals surface area contributed by atoms with Crippen LogP contribution in [0.1, 0.15) is 26.2 Å². The lowest BCUT2D eigenvalue weighted by atomic mass is 10.1. The van der Waals surface area contributed by atoms with Crippen LogP contribution in [0.25, 0.3) is 0 Å². The molecule has 0 saturated carbocycles. The van der Waals surface area contributed by atoms with Crippen molar-refractivity contribution in [1.29, 1.82) is 0 Å². The SMILES string of the molecule is CC(Nc1cccc(N2CCCCC2)c1)C(=O)Nc1ccc(F)cc1F. The maximum Gasteiger partial charge on any atom is 0.246 e. The van der Waals surface area contributed by atoms with Gasteiger partial charge < -0.3 is 15.5 Å². The molecule has 1 heterocycles. The number of anilines is 3. The number of rotatable bonds is 5. The number of hydrogen-bond donors (Lipinski definition) is 2. The quantitative estimate of drug-likeness (QED) is 0.832. The molecule has 6 heteroatoms. The number of benzene rings is 2. The minimum absolute atomic E-state index is 0.0351. The van der Waals surface area contributed by atoms with E-state index in [0.29, 0.717) is 0 Å². The molecule has 4 nitrogen and oxygen atoms in total. The van der Waals surface area contributed by atoms with Crippen molar-refractivity contribution in [2.24, 2.45) is 0 Å². The van der Waals surface area contributed by atoms with E-state index >= 15 is 0 Å². The van der Waals surface area contributed by atoms with Gasteiger partial charge in [-0.2, -0.15) is 0 Å². The van der Waals surface area contributed by atoms with Crippen LogP contribution in [0.4, 0.5) is 25.8 Å². The number of piperidine rings is 1. The lowest BCUT2D eigenvalue weighted by Gasteiger charge is -2.29. The third-order valence-electron chi connectivity index (χ3n) is 4.53. The van der Waals surface area contributed by atoms with Gasteiger partial charge in [-0.3, -0.25) is 4.79 Å². The molecule has 0 spiro atoms. The second-order valence-electron chi connectivity index (χ2n) is 6.58. The van der Waals surface area contributed by atoms with Crippen LogP contribution in [0.15, 0.2) is 42.5 Å². The summed E-state index contributed by atoms with van der Waals surface area (Å²) in [5.74, 6) is -1.86. The molecule has 0 aliphatic carbocycles. The molecule has 1 aliphatic rings. The van der Waals surface area contributed by atoms with Crippen LogP contribution in [0, 0.1) is 11.6 Å². The fourth-order valence-electron chi connectivity index (χ4n) is 3.09. The van der Waals surface area contributed by atoms with Gasteiger partial charge in [-0.25, -0.2) is 8.78 Å². The number of hydrogen-bond acceptors (Lipinski definition) is 3. The zero-order valence-corrected chi connectivity index (χ0v) is 14.8. The van der Waals surface area contributed by atoms with Gasteiger partial charge in [0.1, 0.15) is 17.7 Å². The number of amides is 1. The van der Waals surface area contributed by atoms with E-state index in [4.69, 9.17) is 0 Å².